The van der Waals surface area contributed by atoms with Gasteiger partial charge in [0.2, 0.25) is 17.6 Å². The first-order valence-corrected chi connectivity index (χ1v) is 12.9. The molecular formula is C29H29ClN4O4. The van der Waals surface area contributed by atoms with Crippen LogP contribution in [0.1, 0.15) is 24.3 Å². The Hall–Kier alpha value is -3.88. The molecule has 0 radical (unpaired) electrons. The lowest BCUT2D eigenvalue weighted by Gasteiger charge is -2.31. The molecule has 0 aliphatic carbocycles. The molecule has 0 spiro atoms. The van der Waals surface area contributed by atoms with Crippen molar-refractivity contribution in [1.82, 2.24) is 15.0 Å². The van der Waals surface area contributed by atoms with Gasteiger partial charge in [0.05, 0.1) is 25.3 Å². The van der Waals surface area contributed by atoms with Gasteiger partial charge in [-0.05, 0) is 68.8 Å². The van der Waals surface area contributed by atoms with Crippen LogP contribution in [-0.4, -0.2) is 41.1 Å². The van der Waals surface area contributed by atoms with Crippen molar-refractivity contribution in [2.24, 2.45) is 5.92 Å². The number of carbonyl (C=O) groups excluding carboxylic acids is 1. The molecule has 1 aliphatic rings. The number of nitrogens with one attached hydrogen (secondary N) is 1. The molecule has 8 nitrogen and oxygen atoms in total. The Morgan fingerprint density at radius 3 is 2.63 bits per heavy atom. The summed E-state index contributed by atoms with van der Waals surface area (Å²) in [6.07, 6.45) is 1.68. The number of aromatic nitrogens is 2. The second-order valence-corrected chi connectivity index (χ2v) is 9.80. The molecule has 38 heavy (non-hydrogen) atoms. The van der Waals surface area contributed by atoms with Crippen molar-refractivity contribution in [3.63, 3.8) is 0 Å². The highest BCUT2D eigenvalue weighted by Crippen LogP contribution is 2.33. The van der Waals surface area contributed by atoms with Crippen LogP contribution in [0.15, 0.2) is 71.3 Å². The number of anilines is 1. The summed E-state index contributed by atoms with van der Waals surface area (Å²) in [5.41, 5.74) is 2.61. The van der Waals surface area contributed by atoms with Crippen LogP contribution < -0.4 is 14.8 Å². The van der Waals surface area contributed by atoms with E-state index in [4.69, 9.17) is 25.6 Å². The van der Waals surface area contributed by atoms with Crippen molar-refractivity contribution in [2.75, 3.05) is 25.5 Å². The summed E-state index contributed by atoms with van der Waals surface area (Å²) in [6, 6.07) is 20.4. The Labute approximate surface area is 226 Å². The lowest BCUT2D eigenvalue weighted by atomic mass is 9.97. The third kappa shape index (κ3) is 6.33. The number of piperidine rings is 1. The fraction of sp³-hybridized carbons (Fsp3) is 0.276. The second kappa shape index (κ2) is 11.7. The van der Waals surface area contributed by atoms with Gasteiger partial charge in [-0.2, -0.15) is 4.98 Å². The smallest absolute Gasteiger partial charge is 0.241 e. The number of hydrogen-bond acceptors (Lipinski definition) is 7. The maximum absolute atomic E-state index is 13.3. The normalized spacial score (nSPS) is 15.7. The molecule has 9 heteroatoms. The largest absolute Gasteiger partial charge is 0.497 e. The highest BCUT2D eigenvalue weighted by molar-refractivity contribution is 6.31. The summed E-state index contributed by atoms with van der Waals surface area (Å²) < 4.78 is 16.7. The van der Waals surface area contributed by atoms with Crippen molar-refractivity contribution in [3.05, 3.63) is 83.2 Å². The van der Waals surface area contributed by atoms with Gasteiger partial charge in [-0.1, -0.05) is 46.6 Å². The van der Waals surface area contributed by atoms with E-state index >= 15 is 0 Å². The monoisotopic (exact) mass is 532 g/mol. The number of hydrogen-bond donors (Lipinski definition) is 1. The summed E-state index contributed by atoms with van der Waals surface area (Å²) in [5, 5.41) is 7.66. The van der Waals surface area contributed by atoms with Crippen LogP contribution in [0.2, 0.25) is 5.02 Å². The molecule has 3 aromatic carbocycles. The minimum atomic E-state index is -0.198. The number of halogens is 1. The first-order chi connectivity index (χ1) is 18.5. The van der Waals surface area contributed by atoms with Gasteiger partial charge >= 0.3 is 0 Å². The minimum Gasteiger partial charge on any atom is -0.497 e. The zero-order valence-corrected chi connectivity index (χ0v) is 22.1. The van der Waals surface area contributed by atoms with E-state index in [1.54, 1.807) is 37.4 Å². The average Bonchev–Trinajstić information content (AvgIpc) is 3.39. The SMILES string of the molecule is COc1ccc(Oc2ccc(Cl)cc2NC(=O)C2CCCN(Cc3nc(-c4ccc(C)cc4)no3)C2)cc1. The van der Waals surface area contributed by atoms with E-state index in [-0.39, 0.29) is 11.8 Å². The highest BCUT2D eigenvalue weighted by Gasteiger charge is 2.27. The van der Waals surface area contributed by atoms with E-state index < -0.39 is 0 Å². The number of carbonyl (C=O) groups is 1. The average molecular weight is 533 g/mol. The molecule has 1 fully saturated rings. The van der Waals surface area contributed by atoms with Crippen LogP contribution in [0, 0.1) is 12.8 Å². The Bertz CT molecular complexity index is 1390. The number of rotatable bonds is 8. The van der Waals surface area contributed by atoms with Gasteiger partial charge in [0, 0.05) is 17.1 Å². The molecule has 1 aromatic heterocycles. The standard InChI is InChI=1S/C29H29ClN4O4/c1-19-5-7-20(8-6-19)28-32-27(38-33-28)18-34-15-3-4-21(17-34)29(35)31-25-16-22(30)9-14-26(25)37-24-12-10-23(36-2)11-13-24/h5-14,16,21H,3-4,15,17-18H2,1-2H3,(H,31,35). The van der Waals surface area contributed by atoms with Crippen LogP contribution in [0.25, 0.3) is 11.4 Å². The van der Waals surface area contributed by atoms with E-state index in [0.29, 0.717) is 47.0 Å². The van der Waals surface area contributed by atoms with Crippen molar-refractivity contribution in [1.29, 1.82) is 0 Å². The molecule has 0 saturated carbocycles. The van der Waals surface area contributed by atoms with Gasteiger partial charge in [0.15, 0.2) is 5.75 Å². The molecule has 1 N–H and O–H groups in total. The maximum Gasteiger partial charge on any atom is 0.241 e. The molecule has 1 aliphatic heterocycles. The van der Waals surface area contributed by atoms with Crippen LogP contribution in [0.4, 0.5) is 5.69 Å². The number of aryl methyl sites for hydroxylation is 1. The Kier molecular flexibility index (Phi) is 7.91. The Morgan fingerprint density at radius 1 is 1.11 bits per heavy atom. The van der Waals surface area contributed by atoms with Gasteiger partial charge in [-0.3, -0.25) is 9.69 Å². The Morgan fingerprint density at radius 2 is 1.87 bits per heavy atom. The predicted molar refractivity (Wildman–Crippen MR) is 146 cm³/mol. The molecule has 1 atom stereocenters. The highest BCUT2D eigenvalue weighted by atomic mass is 35.5. The van der Waals surface area contributed by atoms with Crippen molar-refractivity contribution in [2.45, 2.75) is 26.3 Å². The first-order valence-electron chi connectivity index (χ1n) is 12.5. The summed E-state index contributed by atoms with van der Waals surface area (Å²) in [7, 11) is 1.61. The molecule has 196 valence electrons. The lowest BCUT2D eigenvalue weighted by Crippen LogP contribution is -2.40. The first kappa shape index (κ1) is 25.8. The Balaban J connectivity index is 1.22. The van der Waals surface area contributed by atoms with Crippen LogP contribution in [0.3, 0.4) is 0 Å². The molecule has 5 rings (SSSR count). The number of nitrogens with zero attached hydrogens (tertiary/aromatic N) is 3. The van der Waals surface area contributed by atoms with Crippen molar-refractivity contribution in [3.8, 4) is 28.6 Å². The van der Waals surface area contributed by atoms with E-state index in [2.05, 4.69) is 20.4 Å². The van der Waals surface area contributed by atoms with Gasteiger partial charge in [0.25, 0.3) is 0 Å². The molecule has 2 heterocycles. The van der Waals surface area contributed by atoms with E-state index in [1.807, 2.05) is 43.3 Å². The summed E-state index contributed by atoms with van der Waals surface area (Å²) >= 11 is 6.24. The minimum absolute atomic E-state index is 0.0811. The topological polar surface area (TPSA) is 89.7 Å². The molecule has 4 aromatic rings. The quantitative estimate of drug-likeness (QED) is 0.283. The van der Waals surface area contributed by atoms with E-state index in [0.717, 1.165) is 30.7 Å². The van der Waals surface area contributed by atoms with Crippen LogP contribution >= 0.6 is 11.6 Å². The van der Waals surface area contributed by atoms with Crippen LogP contribution in [-0.2, 0) is 11.3 Å². The predicted octanol–water partition coefficient (Wildman–Crippen LogP) is 6.35. The third-order valence-corrected chi connectivity index (χ3v) is 6.73. The van der Waals surface area contributed by atoms with Gasteiger partial charge in [0.1, 0.15) is 11.5 Å². The van der Waals surface area contributed by atoms with Crippen LogP contribution in [0.5, 0.6) is 17.2 Å². The van der Waals surface area contributed by atoms with Gasteiger partial charge in [-0.25, -0.2) is 0 Å². The second-order valence-electron chi connectivity index (χ2n) is 9.36. The fourth-order valence-electron chi connectivity index (χ4n) is 4.44. The number of methoxy groups -OCH3 is 1. The molecular weight excluding hydrogens is 504 g/mol. The summed E-state index contributed by atoms with van der Waals surface area (Å²) in [5.74, 6) is 2.68. The summed E-state index contributed by atoms with van der Waals surface area (Å²) in [4.78, 5) is 20.0. The third-order valence-electron chi connectivity index (χ3n) is 6.50. The van der Waals surface area contributed by atoms with Gasteiger partial charge < -0.3 is 19.3 Å². The zero-order chi connectivity index (χ0) is 26.5. The molecule has 1 amide bonds. The number of benzene rings is 3. The van der Waals surface area contributed by atoms with E-state index in [9.17, 15) is 4.79 Å². The summed E-state index contributed by atoms with van der Waals surface area (Å²) in [6.45, 7) is 3.97. The fourth-order valence-corrected chi connectivity index (χ4v) is 4.61. The number of amides is 1. The molecule has 0 bridgehead atoms. The molecule has 1 unspecified atom stereocenters. The lowest BCUT2D eigenvalue weighted by molar-refractivity contribution is -0.121. The zero-order valence-electron chi connectivity index (χ0n) is 21.3. The van der Waals surface area contributed by atoms with E-state index in [1.165, 1.54) is 5.56 Å². The molecule has 1 saturated heterocycles. The van der Waals surface area contributed by atoms with Crippen molar-refractivity contribution < 1.29 is 18.8 Å². The maximum atomic E-state index is 13.3. The number of ether oxygens (including phenoxy) is 2. The number of likely N-dealkylation sites (tertiary alicyclic amines) is 1. The van der Waals surface area contributed by atoms with Crippen molar-refractivity contribution >= 4 is 23.2 Å². The van der Waals surface area contributed by atoms with Gasteiger partial charge in [-0.15, -0.1) is 0 Å².